The number of hydrogen-bond acceptors (Lipinski definition) is 1. The normalized spacial score (nSPS) is 42.8. The lowest BCUT2D eigenvalue weighted by molar-refractivity contribution is -0.124. The average molecular weight is 111 g/mol. The Morgan fingerprint density at radius 2 is 2.38 bits per heavy atom. The summed E-state index contributed by atoms with van der Waals surface area (Å²) < 4.78 is 0. The SMILES string of the molecule is O=C1NC[C@H]2CC[C@H]12. The van der Waals surface area contributed by atoms with Gasteiger partial charge in [-0.1, -0.05) is 0 Å². The average Bonchev–Trinajstić information content (AvgIpc) is 1.80. The van der Waals surface area contributed by atoms with E-state index in [1.807, 2.05) is 0 Å². The van der Waals surface area contributed by atoms with Crippen LogP contribution < -0.4 is 5.32 Å². The van der Waals surface area contributed by atoms with Crippen molar-refractivity contribution in [3.05, 3.63) is 0 Å². The molecule has 1 aliphatic heterocycles. The highest BCUT2D eigenvalue weighted by atomic mass is 16.2. The lowest BCUT2D eigenvalue weighted by Gasteiger charge is -2.25. The Labute approximate surface area is 48.3 Å². The maximum atomic E-state index is 10.7. The summed E-state index contributed by atoms with van der Waals surface area (Å²) in [6.45, 7) is 0.948. The van der Waals surface area contributed by atoms with E-state index in [0.29, 0.717) is 17.7 Å². The van der Waals surface area contributed by atoms with Crippen molar-refractivity contribution in [1.82, 2.24) is 5.32 Å². The fraction of sp³-hybridized carbons (Fsp3) is 0.833. The second-order valence-electron chi connectivity index (χ2n) is 2.69. The van der Waals surface area contributed by atoms with Crippen LogP contribution in [-0.4, -0.2) is 12.5 Å². The van der Waals surface area contributed by atoms with Crippen molar-refractivity contribution < 1.29 is 4.79 Å². The highest BCUT2D eigenvalue weighted by Gasteiger charge is 2.41. The smallest absolute Gasteiger partial charge is 0.223 e. The molecule has 2 aliphatic rings. The molecule has 44 valence electrons. The first-order chi connectivity index (χ1) is 3.88. The highest BCUT2D eigenvalue weighted by Crippen LogP contribution is 2.37. The van der Waals surface area contributed by atoms with Gasteiger partial charge in [0, 0.05) is 12.5 Å². The summed E-state index contributed by atoms with van der Waals surface area (Å²) in [7, 11) is 0. The molecule has 1 aliphatic carbocycles. The Kier molecular flexibility index (Phi) is 0.678. The van der Waals surface area contributed by atoms with Gasteiger partial charge in [0.05, 0.1) is 0 Å². The summed E-state index contributed by atoms with van der Waals surface area (Å²) in [5.74, 6) is 1.42. The number of rotatable bonds is 0. The maximum absolute atomic E-state index is 10.7. The molecule has 0 aromatic heterocycles. The van der Waals surface area contributed by atoms with Crippen LogP contribution in [0.15, 0.2) is 0 Å². The predicted octanol–water partition coefficient (Wildman–Crippen LogP) is 0.142. The van der Waals surface area contributed by atoms with Crippen molar-refractivity contribution in [3.63, 3.8) is 0 Å². The third-order valence-electron chi connectivity index (χ3n) is 2.29. The predicted molar refractivity (Wildman–Crippen MR) is 29.2 cm³/mol. The van der Waals surface area contributed by atoms with Crippen molar-refractivity contribution in [1.29, 1.82) is 0 Å². The molecule has 1 saturated heterocycles. The minimum absolute atomic E-state index is 0.293. The van der Waals surface area contributed by atoms with E-state index >= 15 is 0 Å². The summed E-state index contributed by atoms with van der Waals surface area (Å²) in [5, 5.41) is 2.84. The van der Waals surface area contributed by atoms with Crippen molar-refractivity contribution in [2.75, 3.05) is 6.54 Å². The summed E-state index contributed by atoms with van der Waals surface area (Å²) in [5.41, 5.74) is 0. The molecule has 8 heavy (non-hydrogen) atoms. The molecule has 1 heterocycles. The molecule has 2 rings (SSSR count). The molecule has 1 N–H and O–H groups in total. The third-order valence-corrected chi connectivity index (χ3v) is 2.29. The van der Waals surface area contributed by atoms with E-state index in [2.05, 4.69) is 5.32 Å². The number of fused-ring (bicyclic) bond motifs is 1. The van der Waals surface area contributed by atoms with Crippen LogP contribution in [0.25, 0.3) is 0 Å². The largest absolute Gasteiger partial charge is 0.356 e. The molecule has 0 aromatic rings. The number of carbonyl (C=O) groups excluding carboxylic acids is 1. The monoisotopic (exact) mass is 111 g/mol. The molecule has 0 bridgehead atoms. The van der Waals surface area contributed by atoms with Crippen LogP contribution >= 0.6 is 0 Å². The molecule has 0 spiro atoms. The fourth-order valence-electron chi connectivity index (χ4n) is 1.52. The third kappa shape index (κ3) is 0.358. The van der Waals surface area contributed by atoms with Gasteiger partial charge in [-0.05, 0) is 18.8 Å². The van der Waals surface area contributed by atoms with E-state index in [0.717, 1.165) is 13.0 Å². The van der Waals surface area contributed by atoms with Gasteiger partial charge in [-0.3, -0.25) is 4.79 Å². The lowest BCUT2D eigenvalue weighted by atomic mass is 9.76. The molecule has 1 saturated carbocycles. The van der Waals surface area contributed by atoms with E-state index in [4.69, 9.17) is 0 Å². The van der Waals surface area contributed by atoms with E-state index < -0.39 is 0 Å². The van der Waals surface area contributed by atoms with Gasteiger partial charge in [0.15, 0.2) is 0 Å². The van der Waals surface area contributed by atoms with E-state index in [9.17, 15) is 4.79 Å². The van der Waals surface area contributed by atoms with E-state index in [1.165, 1.54) is 6.42 Å². The summed E-state index contributed by atoms with van der Waals surface area (Å²) in [6, 6.07) is 0. The topological polar surface area (TPSA) is 29.1 Å². The number of carbonyl (C=O) groups is 1. The molecule has 0 aromatic carbocycles. The fourth-order valence-corrected chi connectivity index (χ4v) is 1.52. The second kappa shape index (κ2) is 1.24. The molecular formula is C6H9NO. The minimum atomic E-state index is 0.293. The van der Waals surface area contributed by atoms with Gasteiger partial charge in [-0.15, -0.1) is 0 Å². The highest BCUT2D eigenvalue weighted by molar-refractivity contribution is 5.82. The first kappa shape index (κ1) is 4.36. The second-order valence-corrected chi connectivity index (χ2v) is 2.69. The Bertz CT molecular complexity index is 132. The van der Waals surface area contributed by atoms with Gasteiger partial charge in [0.25, 0.3) is 0 Å². The summed E-state index contributed by atoms with van der Waals surface area (Å²) in [4.78, 5) is 10.7. The van der Waals surface area contributed by atoms with Crippen molar-refractivity contribution in [3.8, 4) is 0 Å². The van der Waals surface area contributed by atoms with Gasteiger partial charge < -0.3 is 5.32 Å². The van der Waals surface area contributed by atoms with Crippen LogP contribution in [0.5, 0.6) is 0 Å². The van der Waals surface area contributed by atoms with Gasteiger partial charge in [-0.25, -0.2) is 0 Å². The zero-order valence-corrected chi connectivity index (χ0v) is 4.68. The summed E-state index contributed by atoms with van der Waals surface area (Å²) >= 11 is 0. The number of nitrogens with one attached hydrogen (secondary N) is 1. The summed E-state index contributed by atoms with van der Waals surface area (Å²) in [6.07, 6.45) is 2.40. The number of amides is 1. The zero-order valence-electron chi connectivity index (χ0n) is 4.68. The van der Waals surface area contributed by atoms with Crippen molar-refractivity contribution in [2.24, 2.45) is 11.8 Å². The first-order valence-corrected chi connectivity index (χ1v) is 3.15. The standard InChI is InChI=1S/C6H9NO/c8-6-5-2-1-4(5)3-7-6/h4-5H,1-3H2,(H,7,8)/t4-,5+/m1/s1. The molecule has 0 unspecified atom stereocenters. The quantitative estimate of drug-likeness (QED) is 0.473. The van der Waals surface area contributed by atoms with Crippen LogP contribution in [-0.2, 0) is 4.79 Å². The van der Waals surface area contributed by atoms with E-state index in [1.54, 1.807) is 0 Å². The zero-order chi connectivity index (χ0) is 5.56. The Morgan fingerprint density at radius 3 is 2.62 bits per heavy atom. The number of hydrogen-bond donors (Lipinski definition) is 1. The Balaban J connectivity index is 2.15. The van der Waals surface area contributed by atoms with Gasteiger partial charge in [-0.2, -0.15) is 0 Å². The molecule has 2 heteroatoms. The molecule has 2 atom stereocenters. The molecule has 1 amide bonds. The van der Waals surface area contributed by atoms with Gasteiger partial charge >= 0.3 is 0 Å². The van der Waals surface area contributed by atoms with Crippen LogP contribution in [0.3, 0.4) is 0 Å². The van der Waals surface area contributed by atoms with Crippen LogP contribution in [0, 0.1) is 11.8 Å². The lowest BCUT2D eigenvalue weighted by Crippen LogP contribution is -2.26. The van der Waals surface area contributed by atoms with Crippen LogP contribution in [0.1, 0.15) is 12.8 Å². The van der Waals surface area contributed by atoms with Crippen molar-refractivity contribution >= 4 is 5.91 Å². The van der Waals surface area contributed by atoms with Crippen molar-refractivity contribution in [2.45, 2.75) is 12.8 Å². The molecular weight excluding hydrogens is 102 g/mol. The van der Waals surface area contributed by atoms with Gasteiger partial charge in [0.1, 0.15) is 0 Å². The molecule has 2 nitrogen and oxygen atoms in total. The first-order valence-electron chi connectivity index (χ1n) is 3.15. The van der Waals surface area contributed by atoms with Crippen LogP contribution in [0.4, 0.5) is 0 Å². The Hall–Kier alpha value is -0.530. The molecule has 0 radical (unpaired) electrons. The van der Waals surface area contributed by atoms with E-state index in [-0.39, 0.29) is 0 Å². The van der Waals surface area contributed by atoms with Crippen LogP contribution in [0.2, 0.25) is 0 Å². The minimum Gasteiger partial charge on any atom is -0.356 e. The molecule has 2 fully saturated rings. The van der Waals surface area contributed by atoms with Gasteiger partial charge in [0.2, 0.25) is 5.91 Å². The Morgan fingerprint density at radius 1 is 1.50 bits per heavy atom. The maximum Gasteiger partial charge on any atom is 0.223 e.